The first-order valence-corrected chi connectivity index (χ1v) is 7.07. The molecule has 0 aliphatic rings. The van der Waals surface area contributed by atoms with Crippen LogP contribution in [0.5, 0.6) is 0 Å². The van der Waals surface area contributed by atoms with Gasteiger partial charge in [-0.05, 0) is 11.6 Å². The number of ether oxygens (including phenoxy) is 2. The largest absolute Gasteiger partial charge is 0.459 e. The lowest BCUT2D eigenvalue weighted by Crippen LogP contribution is -2.11. The topological polar surface area (TPSA) is 77.1 Å². The van der Waals surface area contributed by atoms with Crippen molar-refractivity contribution >= 4 is 12.0 Å². The molecule has 0 N–H and O–H groups in total. The van der Waals surface area contributed by atoms with Crippen LogP contribution in [0.1, 0.15) is 11.1 Å². The molecule has 118 valence electrons. The predicted molar refractivity (Wildman–Crippen MR) is 84.2 cm³/mol. The van der Waals surface area contributed by atoms with Crippen LogP contribution in [0.4, 0.5) is 0 Å². The van der Waals surface area contributed by atoms with Crippen LogP contribution in [0.25, 0.3) is 6.08 Å². The van der Waals surface area contributed by atoms with Gasteiger partial charge in [-0.1, -0.05) is 30.3 Å². The highest BCUT2D eigenvalue weighted by atomic mass is 16.6. The van der Waals surface area contributed by atoms with Crippen molar-refractivity contribution in [2.75, 3.05) is 20.3 Å². The molecule has 0 saturated heterocycles. The quantitative estimate of drug-likeness (QED) is 0.338. The molecular formula is C17H17N3O3. The smallest absolute Gasteiger partial charge is 0.348 e. The van der Waals surface area contributed by atoms with E-state index in [1.54, 1.807) is 17.1 Å². The van der Waals surface area contributed by atoms with Crippen LogP contribution in [0.2, 0.25) is 0 Å². The van der Waals surface area contributed by atoms with Gasteiger partial charge in [-0.15, -0.1) is 0 Å². The summed E-state index contributed by atoms with van der Waals surface area (Å²) in [6, 6.07) is 11.7. The van der Waals surface area contributed by atoms with Crippen molar-refractivity contribution in [2.45, 2.75) is 6.54 Å². The normalized spacial score (nSPS) is 11.0. The number of methoxy groups -OCH3 is 1. The summed E-state index contributed by atoms with van der Waals surface area (Å²) >= 11 is 0. The molecule has 6 nitrogen and oxygen atoms in total. The van der Waals surface area contributed by atoms with Gasteiger partial charge in [-0.2, -0.15) is 10.4 Å². The summed E-state index contributed by atoms with van der Waals surface area (Å²) in [5.74, 6) is -0.666. The third kappa shape index (κ3) is 5.09. The number of carbonyl (C=O) groups is 1. The lowest BCUT2D eigenvalue weighted by Gasteiger charge is -2.02. The first-order chi connectivity index (χ1) is 11.2. The minimum Gasteiger partial charge on any atom is -0.459 e. The first kappa shape index (κ1) is 16.5. The Bertz CT molecular complexity index is 714. The van der Waals surface area contributed by atoms with E-state index in [0.717, 1.165) is 5.56 Å². The Morgan fingerprint density at radius 2 is 2.13 bits per heavy atom. The summed E-state index contributed by atoms with van der Waals surface area (Å²) in [7, 11) is 1.51. The van der Waals surface area contributed by atoms with E-state index in [0.29, 0.717) is 18.7 Å². The summed E-state index contributed by atoms with van der Waals surface area (Å²) in [5.41, 5.74) is 1.71. The number of benzene rings is 1. The third-order valence-corrected chi connectivity index (χ3v) is 3.01. The molecule has 6 heteroatoms. The van der Waals surface area contributed by atoms with Crippen LogP contribution >= 0.6 is 0 Å². The average Bonchev–Trinajstić information content (AvgIpc) is 3.00. The molecule has 0 spiro atoms. The van der Waals surface area contributed by atoms with E-state index in [-0.39, 0.29) is 12.2 Å². The van der Waals surface area contributed by atoms with E-state index in [9.17, 15) is 4.79 Å². The zero-order chi connectivity index (χ0) is 16.5. The number of hydrogen-bond donors (Lipinski definition) is 0. The fourth-order valence-electron chi connectivity index (χ4n) is 1.91. The summed E-state index contributed by atoms with van der Waals surface area (Å²) < 4.78 is 11.5. The van der Waals surface area contributed by atoms with Crippen LogP contribution < -0.4 is 0 Å². The molecule has 0 bridgehead atoms. The Hall–Kier alpha value is -2.91. The van der Waals surface area contributed by atoms with Crippen molar-refractivity contribution in [3.8, 4) is 6.07 Å². The summed E-state index contributed by atoms with van der Waals surface area (Å²) in [5, 5.41) is 13.3. The number of carbonyl (C=O) groups excluding carboxylic acids is 1. The van der Waals surface area contributed by atoms with E-state index < -0.39 is 5.97 Å². The zero-order valence-electron chi connectivity index (χ0n) is 12.8. The molecule has 0 unspecified atom stereocenters. The van der Waals surface area contributed by atoms with E-state index in [1.165, 1.54) is 13.2 Å². The van der Waals surface area contributed by atoms with Gasteiger partial charge in [0.1, 0.15) is 18.2 Å². The number of aromatic nitrogens is 2. The Balaban J connectivity index is 2.03. The molecule has 0 saturated carbocycles. The fraction of sp³-hybridized carbons (Fsp3) is 0.235. The number of esters is 1. The maximum absolute atomic E-state index is 11.8. The third-order valence-electron chi connectivity index (χ3n) is 3.01. The molecule has 0 atom stereocenters. The van der Waals surface area contributed by atoms with Gasteiger partial charge in [-0.25, -0.2) is 4.79 Å². The Labute approximate surface area is 134 Å². The minimum absolute atomic E-state index is 0.0691. The predicted octanol–water partition coefficient (Wildman–Crippen LogP) is 2.03. The molecule has 0 amide bonds. The molecular weight excluding hydrogens is 294 g/mol. The zero-order valence-corrected chi connectivity index (χ0v) is 12.8. The highest BCUT2D eigenvalue weighted by Crippen LogP contribution is 2.09. The standard InChI is InChI=1S/C17H17N3O3/c1-22-7-8-23-17(21)16(10-18)9-15-11-19-20(13-15)12-14-5-3-2-4-6-14/h2-6,9,11,13H,7-8,12H2,1H3. The first-order valence-electron chi connectivity index (χ1n) is 7.07. The van der Waals surface area contributed by atoms with Gasteiger partial charge < -0.3 is 9.47 Å². The monoisotopic (exact) mass is 311 g/mol. The Morgan fingerprint density at radius 3 is 2.83 bits per heavy atom. The van der Waals surface area contributed by atoms with Gasteiger partial charge in [0.25, 0.3) is 0 Å². The summed E-state index contributed by atoms with van der Waals surface area (Å²) in [4.78, 5) is 11.8. The molecule has 1 heterocycles. The van der Waals surface area contributed by atoms with Crippen LogP contribution in [0.15, 0.2) is 48.3 Å². The summed E-state index contributed by atoms with van der Waals surface area (Å²) in [6.07, 6.45) is 4.83. The second-order valence-corrected chi connectivity index (χ2v) is 4.76. The van der Waals surface area contributed by atoms with Gasteiger partial charge >= 0.3 is 5.97 Å². The van der Waals surface area contributed by atoms with Crippen molar-refractivity contribution in [3.63, 3.8) is 0 Å². The molecule has 0 aliphatic heterocycles. The molecule has 23 heavy (non-hydrogen) atoms. The maximum atomic E-state index is 11.8. The number of rotatable bonds is 7. The van der Waals surface area contributed by atoms with Crippen molar-refractivity contribution in [1.29, 1.82) is 5.26 Å². The van der Waals surface area contributed by atoms with E-state index >= 15 is 0 Å². The van der Waals surface area contributed by atoms with Crippen LogP contribution in [0.3, 0.4) is 0 Å². The SMILES string of the molecule is COCCOC(=O)C(C#N)=Cc1cnn(Cc2ccccc2)c1. The lowest BCUT2D eigenvalue weighted by atomic mass is 10.2. The van der Waals surface area contributed by atoms with Crippen molar-refractivity contribution in [2.24, 2.45) is 0 Å². The number of nitrogens with zero attached hydrogens (tertiary/aromatic N) is 3. The molecule has 0 aliphatic carbocycles. The van der Waals surface area contributed by atoms with E-state index in [2.05, 4.69) is 5.10 Å². The molecule has 0 fully saturated rings. The van der Waals surface area contributed by atoms with Crippen LogP contribution in [-0.4, -0.2) is 36.1 Å². The van der Waals surface area contributed by atoms with Gasteiger partial charge in [0.05, 0.1) is 19.3 Å². The van der Waals surface area contributed by atoms with E-state index in [1.807, 2.05) is 36.4 Å². The highest BCUT2D eigenvalue weighted by molar-refractivity contribution is 5.97. The van der Waals surface area contributed by atoms with Crippen LogP contribution in [0, 0.1) is 11.3 Å². The van der Waals surface area contributed by atoms with Gasteiger partial charge in [0.2, 0.25) is 0 Å². The molecule has 1 aromatic heterocycles. The van der Waals surface area contributed by atoms with Gasteiger partial charge in [-0.3, -0.25) is 4.68 Å². The lowest BCUT2D eigenvalue weighted by molar-refractivity contribution is -0.139. The fourth-order valence-corrected chi connectivity index (χ4v) is 1.91. The second-order valence-electron chi connectivity index (χ2n) is 4.76. The molecule has 2 rings (SSSR count). The van der Waals surface area contributed by atoms with Gasteiger partial charge in [0, 0.05) is 18.9 Å². The average molecular weight is 311 g/mol. The van der Waals surface area contributed by atoms with Crippen molar-refractivity contribution < 1.29 is 14.3 Å². The van der Waals surface area contributed by atoms with E-state index in [4.69, 9.17) is 14.7 Å². The summed E-state index contributed by atoms with van der Waals surface area (Å²) in [6.45, 7) is 1.02. The Morgan fingerprint density at radius 1 is 1.35 bits per heavy atom. The number of hydrogen-bond acceptors (Lipinski definition) is 5. The van der Waals surface area contributed by atoms with Crippen molar-refractivity contribution in [1.82, 2.24) is 9.78 Å². The minimum atomic E-state index is -0.666. The Kier molecular flexibility index (Phi) is 6.09. The highest BCUT2D eigenvalue weighted by Gasteiger charge is 2.11. The van der Waals surface area contributed by atoms with Crippen molar-refractivity contribution in [3.05, 3.63) is 59.4 Å². The molecule has 0 radical (unpaired) electrons. The van der Waals surface area contributed by atoms with Crippen LogP contribution in [-0.2, 0) is 20.8 Å². The molecule has 1 aromatic carbocycles. The number of nitriles is 1. The second kappa shape index (κ2) is 8.51. The molecule has 2 aromatic rings. The maximum Gasteiger partial charge on any atom is 0.348 e. The van der Waals surface area contributed by atoms with Gasteiger partial charge in [0.15, 0.2) is 0 Å².